The maximum Gasteiger partial charge on any atom is 0.371 e. The van der Waals surface area contributed by atoms with Crippen molar-refractivity contribution in [3.05, 3.63) is 53.2 Å². The smallest absolute Gasteiger partial charge is 0.371 e. The lowest BCUT2D eigenvalue weighted by Crippen LogP contribution is -2.12. The summed E-state index contributed by atoms with van der Waals surface area (Å²) in [5.41, 5.74) is 0.0514. The minimum absolute atomic E-state index is 0.0524. The fourth-order valence-electron chi connectivity index (χ4n) is 1.48. The predicted molar refractivity (Wildman–Crippen MR) is 64.7 cm³/mol. The van der Waals surface area contributed by atoms with Crippen molar-refractivity contribution < 1.29 is 23.5 Å². The molecule has 0 radical (unpaired) electrons. The molecule has 2 N–H and O–H groups in total. The predicted octanol–water partition coefficient (Wildman–Crippen LogP) is 2.24. The van der Waals surface area contributed by atoms with Gasteiger partial charge in [-0.2, -0.15) is 5.26 Å². The van der Waals surface area contributed by atoms with Crippen molar-refractivity contribution in [3.8, 4) is 6.07 Å². The van der Waals surface area contributed by atoms with E-state index in [0.717, 1.165) is 18.2 Å². The molecule has 2 aromatic rings. The first kappa shape index (κ1) is 13.3. The zero-order valence-corrected chi connectivity index (χ0v) is 9.88. The number of hydrogen-bond donors (Lipinski definition) is 2. The summed E-state index contributed by atoms with van der Waals surface area (Å²) >= 11 is 0. The van der Waals surface area contributed by atoms with Crippen LogP contribution in [0.5, 0.6) is 0 Å². The van der Waals surface area contributed by atoms with Gasteiger partial charge in [0, 0.05) is 0 Å². The Morgan fingerprint density at radius 2 is 1.95 bits per heavy atom. The van der Waals surface area contributed by atoms with Crippen molar-refractivity contribution in [1.29, 1.82) is 5.26 Å². The average molecular weight is 274 g/mol. The van der Waals surface area contributed by atoms with E-state index in [-0.39, 0.29) is 22.8 Å². The number of hydrogen-bond acceptors (Lipinski definition) is 4. The molecule has 1 aromatic carbocycles. The average Bonchev–Trinajstić information content (AvgIpc) is 2.90. The van der Waals surface area contributed by atoms with E-state index in [1.165, 1.54) is 12.1 Å². The number of furan rings is 1. The van der Waals surface area contributed by atoms with E-state index in [1.54, 1.807) is 6.07 Å². The topological polar surface area (TPSA) is 103 Å². The largest absolute Gasteiger partial charge is 0.475 e. The summed E-state index contributed by atoms with van der Waals surface area (Å²) in [5.74, 6) is -3.25. The third-order valence-corrected chi connectivity index (χ3v) is 2.39. The van der Waals surface area contributed by atoms with Gasteiger partial charge in [0.15, 0.2) is 5.76 Å². The second-order valence-corrected chi connectivity index (χ2v) is 3.72. The van der Waals surface area contributed by atoms with Crippen LogP contribution in [-0.4, -0.2) is 17.0 Å². The molecule has 2 rings (SSSR count). The summed E-state index contributed by atoms with van der Waals surface area (Å²) in [6, 6.07) is 7.34. The Kier molecular flexibility index (Phi) is 3.48. The fraction of sp³-hybridized carbons (Fsp3) is 0. The van der Waals surface area contributed by atoms with E-state index in [4.69, 9.17) is 14.8 Å². The van der Waals surface area contributed by atoms with E-state index < -0.39 is 17.7 Å². The van der Waals surface area contributed by atoms with Crippen LogP contribution in [0.4, 0.5) is 10.1 Å². The molecule has 1 amide bonds. The van der Waals surface area contributed by atoms with Crippen LogP contribution in [0.15, 0.2) is 34.7 Å². The molecule has 6 nitrogen and oxygen atoms in total. The monoisotopic (exact) mass is 274 g/mol. The first-order valence-electron chi connectivity index (χ1n) is 5.35. The highest BCUT2D eigenvalue weighted by Crippen LogP contribution is 2.18. The summed E-state index contributed by atoms with van der Waals surface area (Å²) in [5, 5.41) is 19.8. The zero-order valence-electron chi connectivity index (χ0n) is 9.88. The number of amides is 1. The minimum Gasteiger partial charge on any atom is -0.475 e. The van der Waals surface area contributed by atoms with Gasteiger partial charge in [0.2, 0.25) is 5.76 Å². The summed E-state index contributed by atoms with van der Waals surface area (Å²) in [7, 11) is 0. The maximum atomic E-state index is 12.9. The molecule has 20 heavy (non-hydrogen) atoms. The van der Waals surface area contributed by atoms with Crippen molar-refractivity contribution in [2.45, 2.75) is 0 Å². The SMILES string of the molecule is N#Cc1cc(F)ccc1NC(=O)c1ccc(C(=O)O)o1. The molecule has 0 saturated carbocycles. The molecule has 0 aliphatic heterocycles. The number of nitrogens with one attached hydrogen (secondary N) is 1. The highest BCUT2D eigenvalue weighted by Gasteiger charge is 2.16. The number of anilines is 1. The number of carboxylic acids is 1. The molecule has 0 atom stereocenters. The molecular weight excluding hydrogens is 267 g/mol. The number of carboxylic acid groups (broad SMARTS) is 1. The summed E-state index contributed by atoms with van der Waals surface area (Å²) in [4.78, 5) is 22.4. The number of halogens is 1. The van der Waals surface area contributed by atoms with Gasteiger partial charge in [-0.1, -0.05) is 0 Å². The van der Waals surface area contributed by atoms with Crippen LogP contribution in [0.1, 0.15) is 26.7 Å². The van der Waals surface area contributed by atoms with Gasteiger partial charge in [0.25, 0.3) is 5.91 Å². The second-order valence-electron chi connectivity index (χ2n) is 3.72. The van der Waals surface area contributed by atoms with E-state index in [0.29, 0.717) is 0 Å². The Morgan fingerprint density at radius 3 is 2.55 bits per heavy atom. The Labute approximate surface area is 112 Å². The lowest BCUT2D eigenvalue weighted by molar-refractivity contribution is 0.0660. The molecule has 0 saturated heterocycles. The summed E-state index contributed by atoms with van der Waals surface area (Å²) < 4.78 is 17.7. The van der Waals surface area contributed by atoms with E-state index in [9.17, 15) is 14.0 Å². The van der Waals surface area contributed by atoms with Gasteiger partial charge in [-0.15, -0.1) is 0 Å². The van der Waals surface area contributed by atoms with Gasteiger partial charge in [-0.3, -0.25) is 4.79 Å². The number of rotatable bonds is 3. The van der Waals surface area contributed by atoms with Crippen molar-refractivity contribution in [3.63, 3.8) is 0 Å². The van der Waals surface area contributed by atoms with Crippen LogP contribution in [0.3, 0.4) is 0 Å². The van der Waals surface area contributed by atoms with Crippen LogP contribution < -0.4 is 5.32 Å². The van der Waals surface area contributed by atoms with Crippen molar-refractivity contribution in [2.24, 2.45) is 0 Å². The molecule has 1 aromatic heterocycles. The lowest BCUT2D eigenvalue weighted by atomic mass is 10.2. The molecule has 100 valence electrons. The molecule has 0 spiro atoms. The Bertz CT molecular complexity index is 730. The molecule has 0 fully saturated rings. The standard InChI is InChI=1S/C13H7FN2O4/c14-8-1-2-9(7(5-8)6-15)16-12(17)10-3-4-11(20-10)13(18)19/h1-5H,(H,16,17)(H,18,19). The molecule has 7 heteroatoms. The van der Waals surface area contributed by atoms with Crippen LogP contribution in [0.25, 0.3) is 0 Å². The number of benzene rings is 1. The molecule has 1 heterocycles. The number of aromatic carboxylic acids is 1. The van der Waals surface area contributed by atoms with E-state index >= 15 is 0 Å². The highest BCUT2D eigenvalue weighted by molar-refractivity contribution is 6.03. The van der Waals surface area contributed by atoms with Gasteiger partial charge in [0.1, 0.15) is 11.9 Å². The third kappa shape index (κ3) is 2.64. The molecule has 0 aliphatic rings. The number of nitriles is 1. The van der Waals surface area contributed by atoms with Gasteiger partial charge in [0.05, 0.1) is 11.3 Å². The van der Waals surface area contributed by atoms with Crippen molar-refractivity contribution >= 4 is 17.6 Å². The van der Waals surface area contributed by atoms with E-state index in [2.05, 4.69) is 5.32 Å². The third-order valence-electron chi connectivity index (χ3n) is 2.39. The first-order chi connectivity index (χ1) is 9.51. The zero-order chi connectivity index (χ0) is 14.7. The molecular formula is C13H7FN2O4. The minimum atomic E-state index is -1.30. The second kappa shape index (κ2) is 5.24. The normalized spacial score (nSPS) is 9.80. The Hall–Kier alpha value is -3.14. The lowest BCUT2D eigenvalue weighted by Gasteiger charge is -2.05. The summed E-state index contributed by atoms with van der Waals surface area (Å²) in [6.45, 7) is 0. The van der Waals surface area contributed by atoms with Crippen LogP contribution in [0, 0.1) is 17.1 Å². The van der Waals surface area contributed by atoms with Gasteiger partial charge < -0.3 is 14.8 Å². The van der Waals surface area contributed by atoms with Gasteiger partial charge in [-0.05, 0) is 30.3 Å². The molecule has 0 bridgehead atoms. The van der Waals surface area contributed by atoms with Crippen LogP contribution in [0.2, 0.25) is 0 Å². The van der Waals surface area contributed by atoms with Crippen molar-refractivity contribution in [2.75, 3.05) is 5.32 Å². The van der Waals surface area contributed by atoms with Crippen LogP contribution in [-0.2, 0) is 0 Å². The van der Waals surface area contributed by atoms with E-state index in [1.807, 2.05) is 0 Å². The quantitative estimate of drug-likeness (QED) is 0.893. The van der Waals surface area contributed by atoms with Gasteiger partial charge in [-0.25, -0.2) is 9.18 Å². The van der Waals surface area contributed by atoms with Gasteiger partial charge >= 0.3 is 5.97 Å². The Morgan fingerprint density at radius 1 is 1.25 bits per heavy atom. The van der Waals surface area contributed by atoms with Crippen molar-refractivity contribution in [1.82, 2.24) is 0 Å². The molecule has 0 unspecified atom stereocenters. The maximum absolute atomic E-state index is 12.9. The summed E-state index contributed by atoms with van der Waals surface area (Å²) in [6.07, 6.45) is 0. The first-order valence-corrected chi connectivity index (χ1v) is 5.35. The number of carbonyl (C=O) groups excluding carboxylic acids is 1. The molecule has 0 aliphatic carbocycles. The fourth-order valence-corrected chi connectivity index (χ4v) is 1.48. The highest BCUT2D eigenvalue weighted by atomic mass is 19.1. The number of nitrogens with zero attached hydrogens (tertiary/aromatic N) is 1. The number of carbonyl (C=O) groups is 2. The Balaban J connectivity index is 2.23. The van der Waals surface area contributed by atoms with Crippen LogP contribution >= 0.6 is 0 Å².